The topological polar surface area (TPSA) is 83.6 Å². The highest BCUT2D eigenvalue weighted by Gasteiger charge is 2.25. The number of rotatable bonds is 5. The number of nitrogens with two attached hydrogens (primary N) is 1. The maximum atomic E-state index is 12.2. The molecule has 1 amide bonds. The summed E-state index contributed by atoms with van der Waals surface area (Å²) in [5.41, 5.74) is 6.35. The molecule has 3 N–H and O–H groups in total. The summed E-state index contributed by atoms with van der Waals surface area (Å²) in [7, 11) is 1.55. The van der Waals surface area contributed by atoms with Crippen molar-refractivity contribution in [2.45, 2.75) is 26.3 Å². The van der Waals surface area contributed by atoms with Gasteiger partial charge in [0.05, 0.1) is 17.3 Å². The minimum absolute atomic E-state index is 0.0481. The molecule has 0 radical (unpaired) electrons. The summed E-state index contributed by atoms with van der Waals surface area (Å²) in [5, 5.41) is 9.12. The number of nitrogens with zero attached hydrogens (tertiary/aromatic N) is 1. The molecule has 1 aromatic rings. The van der Waals surface area contributed by atoms with Crippen LogP contribution in [-0.2, 0) is 4.79 Å². The van der Waals surface area contributed by atoms with Crippen molar-refractivity contribution in [2.24, 2.45) is 11.7 Å². The number of anilines is 1. The van der Waals surface area contributed by atoms with Crippen LogP contribution in [0.15, 0.2) is 24.3 Å². The zero-order valence-electron chi connectivity index (χ0n) is 11.5. The maximum Gasteiger partial charge on any atom is 0.337 e. The van der Waals surface area contributed by atoms with Crippen LogP contribution < -0.4 is 10.6 Å². The van der Waals surface area contributed by atoms with E-state index < -0.39 is 12.0 Å². The molecule has 0 saturated carbocycles. The first-order chi connectivity index (χ1) is 8.90. The normalized spacial score (nSPS) is 13.7. The fourth-order valence-electron chi connectivity index (χ4n) is 1.79. The highest BCUT2D eigenvalue weighted by Crippen LogP contribution is 2.21. The number of hydrogen-bond acceptors (Lipinski definition) is 3. The Kier molecular flexibility index (Phi) is 5.06. The standard InChI is InChI=1S/C14H20N2O3/c1-4-9(2)12(15)13(17)16(3)11-8-6-5-7-10(11)14(18)19/h5-9,12H,4,15H2,1-3H3,(H,18,19). The molecule has 0 aliphatic heterocycles. The number of amides is 1. The van der Waals surface area contributed by atoms with Crippen LogP contribution in [0.2, 0.25) is 0 Å². The molecule has 1 aromatic carbocycles. The van der Waals surface area contributed by atoms with Crippen molar-refractivity contribution in [1.82, 2.24) is 0 Å². The van der Waals surface area contributed by atoms with E-state index in [1.54, 1.807) is 25.2 Å². The van der Waals surface area contributed by atoms with Crippen LogP contribution in [0.4, 0.5) is 5.69 Å². The van der Waals surface area contributed by atoms with Gasteiger partial charge in [0.2, 0.25) is 5.91 Å². The second-order valence-corrected chi connectivity index (χ2v) is 4.63. The summed E-state index contributed by atoms with van der Waals surface area (Å²) in [6.07, 6.45) is 0.793. The molecule has 5 heteroatoms. The second-order valence-electron chi connectivity index (χ2n) is 4.63. The van der Waals surface area contributed by atoms with Crippen LogP contribution in [0.1, 0.15) is 30.6 Å². The second kappa shape index (κ2) is 6.33. The van der Waals surface area contributed by atoms with Gasteiger partial charge < -0.3 is 15.7 Å². The number of hydrogen-bond donors (Lipinski definition) is 2. The van der Waals surface area contributed by atoms with Crippen LogP contribution in [0.3, 0.4) is 0 Å². The summed E-state index contributed by atoms with van der Waals surface area (Å²) >= 11 is 0. The lowest BCUT2D eigenvalue weighted by Gasteiger charge is -2.25. The molecule has 104 valence electrons. The van der Waals surface area contributed by atoms with Gasteiger partial charge in [0.25, 0.3) is 0 Å². The summed E-state index contributed by atoms with van der Waals surface area (Å²) < 4.78 is 0. The van der Waals surface area contributed by atoms with Crippen molar-refractivity contribution in [1.29, 1.82) is 0 Å². The molecule has 0 aliphatic carbocycles. The van der Waals surface area contributed by atoms with E-state index in [0.717, 1.165) is 6.42 Å². The van der Waals surface area contributed by atoms with Gasteiger partial charge in [0, 0.05) is 7.05 Å². The van der Waals surface area contributed by atoms with Crippen molar-refractivity contribution >= 4 is 17.6 Å². The number of carboxylic acids is 1. The lowest BCUT2D eigenvalue weighted by molar-refractivity contribution is -0.120. The van der Waals surface area contributed by atoms with E-state index in [1.165, 1.54) is 11.0 Å². The zero-order valence-corrected chi connectivity index (χ0v) is 11.5. The number of carbonyl (C=O) groups is 2. The molecule has 0 saturated heterocycles. The van der Waals surface area contributed by atoms with Gasteiger partial charge in [0.1, 0.15) is 0 Å². The number of carboxylic acid groups (broad SMARTS) is 1. The van der Waals surface area contributed by atoms with Crippen LogP contribution in [0.25, 0.3) is 0 Å². The van der Waals surface area contributed by atoms with Crippen molar-refractivity contribution < 1.29 is 14.7 Å². The monoisotopic (exact) mass is 264 g/mol. The average molecular weight is 264 g/mol. The van der Waals surface area contributed by atoms with Crippen LogP contribution in [0.5, 0.6) is 0 Å². The number of carbonyl (C=O) groups excluding carboxylic acids is 1. The number of benzene rings is 1. The Morgan fingerprint density at radius 1 is 1.37 bits per heavy atom. The Hall–Kier alpha value is -1.88. The Morgan fingerprint density at radius 2 is 1.95 bits per heavy atom. The van der Waals surface area contributed by atoms with Gasteiger partial charge in [-0.3, -0.25) is 4.79 Å². The molecule has 2 atom stereocenters. The van der Waals surface area contributed by atoms with Gasteiger partial charge in [-0.2, -0.15) is 0 Å². The number of aromatic carboxylic acids is 1. The lowest BCUT2D eigenvalue weighted by atomic mass is 9.98. The van der Waals surface area contributed by atoms with Crippen molar-refractivity contribution in [2.75, 3.05) is 11.9 Å². The van der Waals surface area contributed by atoms with Crippen molar-refractivity contribution in [3.63, 3.8) is 0 Å². The molecule has 0 spiro atoms. The zero-order chi connectivity index (χ0) is 14.6. The van der Waals surface area contributed by atoms with Crippen molar-refractivity contribution in [3.05, 3.63) is 29.8 Å². The van der Waals surface area contributed by atoms with Crippen LogP contribution in [0, 0.1) is 5.92 Å². The van der Waals surface area contributed by atoms with E-state index in [-0.39, 0.29) is 17.4 Å². The van der Waals surface area contributed by atoms with Gasteiger partial charge in [-0.1, -0.05) is 32.4 Å². The largest absolute Gasteiger partial charge is 0.478 e. The van der Waals surface area contributed by atoms with Gasteiger partial charge in [-0.05, 0) is 18.1 Å². The molecule has 0 heterocycles. The maximum absolute atomic E-state index is 12.2. The number of para-hydroxylation sites is 1. The Morgan fingerprint density at radius 3 is 2.47 bits per heavy atom. The first kappa shape index (κ1) is 15.2. The third-order valence-corrected chi connectivity index (χ3v) is 3.37. The smallest absolute Gasteiger partial charge is 0.337 e. The molecular weight excluding hydrogens is 244 g/mol. The highest BCUT2D eigenvalue weighted by atomic mass is 16.4. The predicted molar refractivity (Wildman–Crippen MR) is 74.2 cm³/mol. The van der Waals surface area contributed by atoms with E-state index >= 15 is 0 Å². The van der Waals surface area contributed by atoms with Crippen LogP contribution >= 0.6 is 0 Å². The third kappa shape index (κ3) is 3.32. The molecule has 2 unspecified atom stereocenters. The molecule has 0 aromatic heterocycles. The minimum atomic E-state index is -1.06. The Balaban J connectivity index is 3.04. The SMILES string of the molecule is CCC(C)C(N)C(=O)N(C)c1ccccc1C(=O)O. The summed E-state index contributed by atoms with van der Waals surface area (Å²) in [6, 6.07) is 5.76. The molecule has 0 fully saturated rings. The van der Waals surface area contributed by atoms with Crippen LogP contribution in [-0.4, -0.2) is 30.1 Å². The highest BCUT2D eigenvalue weighted by molar-refractivity contribution is 6.03. The Bertz CT molecular complexity index is 474. The summed E-state index contributed by atoms with van der Waals surface area (Å²) in [5.74, 6) is -1.29. The molecule has 19 heavy (non-hydrogen) atoms. The van der Waals surface area contributed by atoms with Gasteiger partial charge in [0.15, 0.2) is 0 Å². The summed E-state index contributed by atoms with van der Waals surface area (Å²) in [6.45, 7) is 3.86. The summed E-state index contributed by atoms with van der Waals surface area (Å²) in [4.78, 5) is 24.7. The van der Waals surface area contributed by atoms with Gasteiger partial charge >= 0.3 is 5.97 Å². The third-order valence-electron chi connectivity index (χ3n) is 3.37. The first-order valence-corrected chi connectivity index (χ1v) is 6.25. The quantitative estimate of drug-likeness (QED) is 0.848. The van der Waals surface area contributed by atoms with Gasteiger partial charge in [-0.15, -0.1) is 0 Å². The van der Waals surface area contributed by atoms with E-state index in [9.17, 15) is 9.59 Å². The van der Waals surface area contributed by atoms with E-state index in [0.29, 0.717) is 5.69 Å². The van der Waals surface area contributed by atoms with E-state index in [1.807, 2.05) is 13.8 Å². The molecule has 1 rings (SSSR count). The predicted octanol–water partition coefficient (Wildman–Crippen LogP) is 1.72. The van der Waals surface area contributed by atoms with Crippen molar-refractivity contribution in [3.8, 4) is 0 Å². The minimum Gasteiger partial charge on any atom is -0.478 e. The van der Waals surface area contributed by atoms with Gasteiger partial charge in [-0.25, -0.2) is 4.79 Å². The molecule has 0 aliphatic rings. The molecule has 0 bridgehead atoms. The molecular formula is C14H20N2O3. The lowest BCUT2D eigenvalue weighted by Crippen LogP contribution is -2.46. The average Bonchev–Trinajstić information content (AvgIpc) is 2.43. The Labute approximate surface area is 113 Å². The number of likely N-dealkylation sites (N-methyl/N-ethyl adjacent to an activating group) is 1. The fraction of sp³-hybridized carbons (Fsp3) is 0.429. The molecule has 5 nitrogen and oxygen atoms in total. The first-order valence-electron chi connectivity index (χ1n) is 6.25. The van der Waals surface area contributed by atoms with E-state index in [4.69, 9.17) is 10.8 Å². The van der Waals surface area contributed by atoms with E-state index in [2.05, 4.69) is 0 Å². The fourth-order valence-corrected chi connectivity index (χ4v) is 1.79.